The van der Waals surface area contributed by atoms with Crippen LogP contribution in [0, 0.1) is 13.8 Å². The number of aromatic nitrogens is 2. The molecule has 28 heavy (non-hydrogen) atoms. The van der Waals surface area contributed by atoms with Gasteiger partial charge in [0.25, 0.3) is 5.56 Å². The molecule has 1 aliphatic rings. The minimum absolute atomic E-state index is 0.0250. The zero-order chi connectivity index (χ0) is 20.0. The highest BCUT2D eigenvalue weighted by molar-refractivity contribution is 8.00. The first kappa shape index (κ1) is 19.5. The van der Waals surface area contributed by atoms with E-state index in [9.17, 15) is 9.59 Å². The molecule has 0 aliphatic heterocycles. The van der Waals surface area contributed by atoms with E-state index in [-0.39, 0.29) is 16.7 Å². The Morgan fingerprint density at radius 1 is 1.32 bits per heavy atom. The van der Waals surface area contributed by atoms with Gasteiger partial charge >= 0.3 is 0 Å². The SMILES string of the molecule is Cc1sc2nc(SC(C)C(=O)NC3CC3)n(-c3ccc(Cl)cc3)c(=O)c2c1C. The van der Waals surface area contributed by atoms with Crippen LogP contribution in [0.15, 0.2) is 34.2 Å². The van der Waals surface area contributed by atoms with Crippen molar-refractivity contribution in [2.75, 3.05) is 0 Å². The smallest absolute Gasteiger partial charge is 0.267 e. The van der Waals surface area contributed by atoms with E-state index >= 15 is 0 Å². The van der Waals surface area contributed by atoms with Crippen LogP contribution in [0.25, 0.3) is 15.9 Å². The van der Waals surface area contributed by atoms with Gasteiger partial charge in [-0.15, -0.1) is 11.3 Å². The van der Waals surface area contributed by atoms with Crippen LogP contribution in [0.1, 0.15) is 30.2 Å². The van der Waals surface area contributed by atoms with Crippen LogP contribution in [-0.2, 0) is 4.79 Å². The van der Waals surface area contributed by atoms with Crippen LogP contribution in [-0.4, -0.2) is 26.8 Å². The lowest BCUT2D eigenvalue weighted by Crippen LogP contribution is -2.33. The van der Waals surface area contributed by atoms with Crippen molar-refractivity contribution in [2.24, 2.45) is 0 Å². The van der Waals surface area contributed by atoms with Gasteiger partial charge in [-0.1, -0.05) is 23.4 Å². The number of aryl methyl sites for hydroxylation is 2. The lowest BCUT2D eigenvalue weighted by Gasteiger charge is -2.16. The van der Waals surface area contributed by atoms with Gasteiger partial charge in [0.15, 0.2) is 5.16 Å². The highest BCUT2D eigenvalue weighted by Gasteiger charge is 2.27. The van der Waals surface area contributed by atoms with Crippen molar-refractivity contribution < 1.29 is 4.79 Å². The lowest BCUT2D eigenvalue weighted by atomic mass is 10.2. The average Bonchev–Trinajstić information content (AvgIpc) is 3.41. The summed E-state index contributed by atoms with van der Waals surface area (Å²) in [6, 6.07) is 7.38. The third kappa shape index (κ3) is 3.71. The molecule has 0 radical (unpaired) electrons. The van der Waals surface area contributed by atoms with Crippen molar-refractivity contribution in [3.05, 3.63) is 50.1 Å². The lowest BCUT2D eigenvalue weighted by molar-refractivity contribution is -0.120. The molecule has 1 fully saturated rings. The number of amides is 1. The number of carbonyl (C=O) groups excluding carboxylic acids is 1. The number of thiophene rings is 1. The van der Waals surface area contributed by atoms with Gasteiger partial charge in [0.2, 0.25) is 5.91 Å². The highest BCUT2D eigenvalue weighted by atomic mass is 35.5. The van der Waals surface area contributed by atoms with Gasteiger partial charge in [-0.2, -0.15) is 0 Å². The standard InChI is InChI=1S/C20H20ClN3O2S2/c1-10-11(2)27-18-16(10)19(26)24(15-8-4-13(21)5-9-15)20(23-18)28-12(3)17(25)22-14-6-7-14/h4-5,8-9,12,14H,6-7H2,1-3H3,(H,22,25). The molecule has 1 amide bonds. The molecular weight excluding hydrogens is 414 g/mol. The zero-order valence-corrected chi connectivity index (χ0v) is 18.2. The van der Waals surface area contributed by atoms with Crippen molar-refractivity contribution in [2.45, 2.75) is 50.1 Å². The monoisotopic (exact) mass is 433 g/mol. The molecule has 0 spiro atoms. The third-order valence-corrected chi connectivity index (χ3v) is 7.24. The van der Waals surface area contributed by atoms with E-state index in [1.165, 1.54) is 23.1 Å². The van der Waals surface area contributed by atoms with Crippen LogP contribution < -0.4 is 10.9 Å². The summed E-state index contributed by atoms with van der Waals surface area (Å²) in [6.07, 6.45) is 2.08. The molecule has 1 unspecified atom stereocenters. The molecule has 3 aromatic rings. The fourth-order valence-corrected chi connectivity index (χ4v) is 5.06. The fourth-order valence-electron chi connectivity index (χ4n) is 2.93. The van der Waals surface area contributed by atoms with Crippen LogP contribution in [0.2, 0.25) is 5.02 Å². The Labute approximate surface area is 176 Å². The molecule has 2 heterocycles. The Morgan fingerprint density at radius 2 is 2.00 bits per heavy atom. The molecular formula is C20H20ClN3O2S2. The van der Waals surface area contributed by atoms with Crippen LogP contribution in [0.5, 0.6) is 0 Å². The first-order valence-corrected chi connectivity index (χ1v) is 11.2. The Hall–Kier alpha value is -1.83. The maximum Gasteiger partial charge on any atom is 0.267 e. The van der Waals surface area contributed by atoms with Gasteiger partial charge in [0.05, 0.1) is 16.3 Å². The van der Waals surface area contributed by atoms with E-state index in [0.29, 0.717) is 32.1 Å². The summed E-state index contributed by atoms with van der Waals surface area (Å²) in [5, 5.41) is 4.41. The van der Waals surface area contributed by atoms with Gasteiger partial charge in [-0.05, 0) is 63.4 Å². The number of thioether (sulfide) groups is 1. The summed E-state index contributed by atoms with van der Waals surface area (Å²) in [6.45, 7) is 5.78. The summed E-state index contributed by atoms with van der Waals surface area (Å²) in [4.78, 5) is 32.4. The molecule has 1 aromatic carbocycles. The first-order chi connectivity index (χ1) is 13.3. The van der Waals surface area contributed by atoms with E-state index < -0.39 is 0 Å². The molecule has 0 saturated heterocycles. The molecule has 1 saturated carbocycles. The second-order valence-corrected chi connectivity index (χ2v) is 9.97. The number of benzene rings is 1. The van der Waals surface area contributed by atoms with E-state index in [2.05, 4.69) is 5.32 Å². The second kappa shape index (κ2) is 7.54. The van der Waals surface area contributed by atoms with Crippen molar-refractivity contribution in [1.29, 1.82) is 0 Å². The summed E-state index contributed by atoms with van der Waals surface area (Å²) < 4.78 is 1.59. The first-order valence-electron chi connectivity index (χ1n) is 9.11. The fraction of sp³-hybridized carbons (Fsp3) is 0.350. The molecule has 1 atom stereocenters. The molecule has 2 aromatic heterocycles. The molecule has 1 aliphatic carbocycles. The van der Waals surface area contributed by atoms with E-state index in [4.69, 9.17) is 16.6 Å². The number of rotatable bonds is 5. The molecule has 146 valence electrons. The Kier molecular flexibility index (Phi) is 5.24. The number of nitrogens with one attached hydrogen (secondary N) is 1. The summed E-state index contributed by atoms with van der Waals surface area (Å²) in [7, 11) is 0. The number of hydrogen-bond donors (Lipinski definition) is 1. The van der Waals surface area contributed by atoms with Gasteiger partial charge in [-0.25, -0.2) is 4.98 Å². The second-order valence-electron chi connectivity index (χ2n) is 7.02. The van der Waals surface area contributed by atoms with E-state index in [1.807, 2.05) is 20.8 Å². The van der Waals surface area contributed by atoms with Gasteiger partial charge in [0, 0.05) is 15.9 Å². The zero-order valence-electron chi connectivity index (χ0n) is 15.8. The van der Waals surface area contributed by atoms with Gasteiger partial charge in [0.1, 0.15) is 4.83 Å². The maximum atomic E-state index is 13.4. The quantitative estimate of drug-likeness (QED) is 0.476. The number of nitrogens with zero attached hydrogens (tertiary/aromatic N) is 2. The van der Waals surface area contributed by atoms with Crippen molar-refractivity contribution in [1.82, 2.24) is 14.9 Å². The Bertz CT molecular complexity index is 1120. The van der Waals surface area contributed by atoms with Crippen LogP contribution >= 0.6 is 34.7 Å². The number of hydrogen-bond acceptors (Lipinski definition) is 5. The predicted molar refractivity (Wildman–Crippen MR) is 116 cm³/mol. The van der Waals surface area contributed by atoms with Crippen molar-refractivity contribution in [3.8, 4) is 5.69 Å². The number of halogens is 1. The van der Waals surface area contributed by atoms with E-state index in [1.54, 1.807) is 28.8 Å². The number of fused-ring (bicyclic) bond motifs is 1. The van der Waals surface area contributed by atoms with Gasteiger partial charge < -0.3 is 5.32 Å². The Morgan fingerprint density at radius 3 is 2.64 bits per heavy atom. The molecule has 0 bridgehead atoms. The topological polar surface area (TPSA) is 64.0 Å². The summed E-state index contributed by atoms with van der Waals surface area (Å²) in [5.41, 5.74) is 1.52. The predicted octanol–water partition coefficient (Wildman–Crippen LogP) is 4.48. The Balaban J connectivity index is 1.83. The average molecular weight is 434 g/mol. The van der Waals surface area contributed by atoms with Crippen LogP contribution in [0.3, 0.4) is 0 Å². The molecule has 1 N–H and O–H groups in total. The molecule has 5 nitrogen and oxygen atoms in total. The largest absolute Gasteiger partial charge is 0.352 e. The summed E-state index contributed by atoms with van der Waals surface area (Å²) >= 11 is 8.84. The van der Waals surface area contributed by atoms with Crippen molar-refractivity contribution in [3.63, 3.8) is 0 Å². The van der Waals surface area contributed by atoms with Gasteiger partial charge in [-0.3, -0.25) is 14.2 Å². The molecule has 8 heteroatoms. The number of carbonyl (C=O) groups is 1. The maximum absolute atomic E-state index is 13.4. The minimum Gasteiger partial charge on any atom is -0.352 e. The summed E-state index contributed by atoms with van der Waals surface area (Å²) in [5.74, 6) is -0.0250. The minimum atomic E-state index is -0.356. The van der Waals surface area contributed by atoms with Crippen LogP contribution in [0.4, 0.5) is 0 Å². The highest BCUT2D eigenvalue weighted by Crippen LogP contribution is 2.31. The normalized spacial score (nSPS) is 15.0. The third-order valence-electron chi connectivity index (χ3n) is 4.83. The van der Waals surface area contributed by atoms with E-state index in [0.717, 1.165) is 23.3 Å². The molecule has 4 rings (SSSR count). The van der Waals surface area contributed by atoms with Crippen molar-refractivity contribution >= 4 is 50.8 Å².